The van der Waals surface area contributed by atoms with E-state index in [2.05, 4.69) is 29.5 Å². The van der Waals surface area contributed by atoms with Crippen molar-refractivity contribution in [2.24, 2.45) is 5.92 Å². The molecule has 0 spiro atoms. The zero-order valence-corrected chi connectivity index (χ0v) is 12.2. The first kappa shape index (κ1) is 15.4. The van der Waals surface area contributed by atoms with Gasteiger partial charge in [0, 0.05) is 6.54 Å². The standard InChI is InChI=1S/C14H29N3O/c1-4-8-16-14(18)12(2)15-9-5-13-6-10-17(3)11-7-13/h12-13,15H,4-11H2,1-3H3,(H,16,18). The minimum absolute atomic E-state index is 0.0668. The first-order valence-electron chi connectivity index (χ1n) is 7.33. The molecule has 0 aromatic carbocycles. The molecule has 1 unspecified atom stereocenters. The zero-order valence-electron chi connectivity index (χ0n) is 12.2. The van der Waals surface area contributed by atoms with Crippen LogP contribution in [0.5, 0.6) is 0 Å². The highest BCUT2D eigenvalue weighted by Crippen LogP contribution is 2.18. The molecule has 0 saturated carbocycles. The van der Waals surface area contributed by atoms with Gasteiger partial charge in [-0.3, -0.25) is 4.79 Å². The van der Waals surface area contributed by atoms with Crippen molar-refractivity contribution in [1.82, 2.24) is 15.5 Å². The predicted octanol–water partition coefficient (Wildman–Crippen LogP) is 1.22. The van der Waals surface area contributed by atoms with Gasteiger partial charge in [0.25, 0.3) is 0 Å². The van der Waals surface area contributed by atoms with E-state index in [1.165, 1.54) is 32.4 Å². The normalized spacial score (nSPS) is 19.7. The van der Waals surface area contributed by atoms with Crippen LogP contribution in [0.4, 0.5) is 0 Å². The maximum absolute atomic E-state index is 11.6. The molecule has 1 atom stereocenters. The second-order valence-electron chi connectivity index (χ2n) is 5.50. The fraction of sp³-hybridized carbons (Fsp3) is 0.929. The molecule has 4 heteroatoms. The first-order valence-corrected chi connectivity index (χ1v) is 7.33. The molecule has 1 aliphatic rings. The van der Waals surface area contributed by atoms with Crippen LogP contribution in [0.25, 0.3) is 0 Å². The number of nitrogens with zero attached hydrogens (tertiary/aromatic N) is 1. The highest BCUT2D eigenvalue weighted by atomic mass is 16.2. The van der Waals surface area contributed by atoms with Gasteiger partial charge < -0.3 is 15.5 Å². The van der Waals surface area contributed by atoms with E-state index in [1.54, 1.807) is 0 Å². The molecule has 1 saturated heterocycles. The minimum atomic E-state index is -0.0668. The van der Waals surface area contributed by atoms with Crippen LogP contribution in [-0.2, 0) is 4.79 Å². The molecule has 1 heterocycles. The Morgan fingerprint density at radius 1 is 1.33 bits per heavy atom. The van der Waals surface area contributed by atoms with Crippen LogP contribution in [0.3, 0.4) is 0 Å². The van der Waals surface area contributed by atoms with Crippen molar-refractivity contribution in [2.75, 3.05) is 33.2 Å². The van der Waals surface area contributed by atoms with E-state index >= 15 is 0 Å². The molecule has 1 amide bonds. The molecule has 2 N–H and O–H groups in total. The van der Waals surface area contributed by atoms with Crippen molar-refractivity contribution in [3.05, 3.63) is 0 Å². The molecule has 0 bridgehead atoms. The second-order valence-corrected chi connectivity index (χ2v) is 5.50. The van der Waals surface area contributed by atoms with Crippen LogP contribution in [0, 0.1) is 5.92 Å². The van der Waals surface area contributed by atoms with Crippen LogP contribution in [0.15, 0.2) is 0 Å². The van der Waals surface area contributed by atoms with Gasteiger partial charge in [-0.1, -0.05) is 6.92 Å². The van der Waals surface area contributed by atoms with E-state index in [4.69, 9.17) is 0 Å². The zero-order chi connectivity index (χ0) is 13.4. The Labute approximate surface area is 111 Å². The minimum Gasteiger partial charge on any atom is -0.355 e. The van der Waals surface area contributed by atoms with Crippen molar-refractivity contribution in [2.45, 2.75) is 45.6 Å². The molecular formula is C14H29N3O. The van der Waals surface area contributed by atoms with Gasteiger partial charge in [0.05, 0.1) is 6.04 Å². The van der Waals surface area contributed by atoms with E-state index in [0.29, 0.717) is 0 Å². The van der Waals surface area contributed by atoms with Crippen LogP contribution in [0.1, 0.15) is 39.5 Å². The molecular weight excluding hydrogens is 226 g/mol. The van der Waals surface area contributed by atoms with Crippen molar-refractivity contribution < 1.29 is 4.79 Å². The van der Waals surface area contributed by atoms with Gasteiger partial charge in [0.1, 0.15) is 0 Å². The lowest BCUT2D eigenvalue weighted by Gasteiger charge is -2.29. The lowest BCUT2D eigenvalue weighted by atomic mass is 9.94. The summed E-state index contributed by atoms with van der Waals surface area (Å²) in [5, 5.41) is 6.24. The highest BCUT2D eigenvalue weighted by Gasteiger charge is 2.17. The van der Waals surface area contributed by atoms with E-state index in [9.17, 15) is 4.79 Å². The van der Waals surface area contributed by atoms with Gasteiger partial charge >= 0.3 is 0 Å². The summed E-state index contributed by atoms with van der Waals surface area (Å²) in [6.07, 6.45) is 4.79. The number of hydrogen-bond acceptors (Lipinski definition) is 3. The highest BCUT2D eigenvalue weighted by molar-refractivity contribution is 5.81. The Balaban J connectivity index is 2.07. The van der Waals surface area contributed by atoms with Gasteiger partial charge in [-0.15, -0.1) is 0 Å². The van der Waals surface area contributed by atoms with Gasteiger partial charge in [-0.05, 0) is 65.2 Å². The molecule has 0 aliphatic carbocycles. The van der Waals surface area contributed by atoms with Gasteiger partial charge in [0.2, 0.25) is 5.91 Å². The summed E-state index contributed by atoms with van der Waals surface area (Å²) in [6.45, 7) is 8.18. The molecule has 106 valence electrons. The molecule has 0 radical (unpaired) electrons. The summed E-state index contributed by atoms with van der Waals surface area (Å²) < 4.78 is 0. The number of hydrogen-bond donors (Lipinski definition) is 2. The average molecular weight is 255 g/mol. The molecule has 1 aliphatic heterocycles. The summed E-state index contributed by atoms with van der Waals surface area (Å²) in [5.41, 5.74) is 0. The summed E-state index contributed by atoms with van der Waals surface area (Å²) in [4.78, 5) is 14.0. The van der Waals surface area contributed by atoms with E-state index in [-0.39, 0.29) is 11.9 Å². The van der Waals surface area contributed by atoms with Crippen molar-refractivity contribution >= 4 is 5.91 Å². The smallest absolute Gasteiger partial charge is 0.236 e. The maximum atomic E-state index is 11.6. The molecule has 0 aromatic rings. The number of amides is 1. The average Bonchev–Trinajstić information content (AvgIpc) is 2.38. The van der Waals surface area contributed by atoms with Gasteiger partial charge in [-0.25, -0.2) is 0 Å². The number of rotatable bonds is 7. The molecule has 1 rings (SSSR count). The summed E-state index contributed by atoms with van der Waals surface area (Å²) in [5.74, 6) is 0.958. The van der Waals surface area contributed by atoms with Crippen LogP contribution in [-0.4, -0.2) is 50.1 Å². The summed E-state index contributed by atoms with van der Waals surface area (Å²) in [6, 6.07) is -0.0668. The van der Waals surface area contributed by atoms with Gasteiger partial charge in [0.15, 0.2) is 0 Å². The first-order chi connectivity index (χ1) is 8.63. The van der Waals surface area contributed by atoms with Crippen molar-refractivity contribution in [3.8, 4) is 0 Å². The Kier molecular flexibility index (Phi) is 7.28. The summed E-state index contributed by atoms with van der Waals surface area (Å²) in [7, 11) is 2.19. The van der Waals surface area contributed by atoms with Crippen LogP contribution >= 0.6 is 0 Å². The third-order valence-corrected chi connectivity index (χ3v) is 3.78. The summed E-state index contributed by atoms with van der Waals surface area (Å²) >= 11 is 0. The van der Waals surface area contributed by atoms with Crippen LogP contribution < -0.4 is 10.6 Å². The fourth-order valence-corrected chi connectivity index (χ4v) is 2.35. The Bertz CT molecular complexity index is 237. The Morgan fingerprint density at radius 3 is 2.61 bits per heavy atom. The lowest BCUT2D eigenvalue weighted by Crippen LogP contribution is -2.43. The third-order valence-electron chi connectivity index (χ3n) is 3.78. The Hall–Kier alpha value is -0.610. The molecule has 4 nitrogen and oxygen atoms in total. The number of carbonyl (C=O) groups is 1. The molecule has 0 aromatic heterocycles. The maximum Gasteiger partial charge on any atom is 0.236 e. The molecule has 18 heavy (non-hydrogen) atoms. The largest absolute Gasteiger partial charge is 0.355 e. The lowest BCUT2D eigenvalue weighted by molar-refractivity contribution is -0.122. The third kappa shape index (κ3) is 5.83. The number of likely N-dealkylation sites (tertiary alicyclic amines) is 1. The van der Waals surface area contributed by atoms with Crippen LogP contribution in [0.2, 0.25) is 0 Å². The predicted molar refractivity (Wildman–Crippen MR) is 75.6 cm³/mol. The van der Waals surface area contributed by atoms with Crippen molar-refractivity contribution in [3.63, 3.8) is 0 Å². The number of carbonyl (C=O) groups excluding carboxylic acids is 1. The second kappa shape index (κ2) is 8.48. The van der Waals surface area contributed by atoms with E-state index < -0.39 is 0 Å². The topological polar surface area (TPSA) is 44.4 Å². The SMILES string of the molecule is CCCNC(=O)C(C)NCCC1CCN(C)CC1. The fourth-order valence-electron chi connectivity index (χ4n) is 2.35. The number of piperidine rings is 1. The molecule has 1 fully saturated rings. The quantitative estimate of drug-likeness (QED) is 0.719. The van der Waals surface area contributed by atoms with Crippen molar-refractivity contribution in [1.29, 1.82) is 0 Å². The van der Waals surface area contributed by atoms with Gasteiger partial charge in [-0.2, -0.15) is 0 Å². The Morgan fingerprint density at radius 2 is 2.00 bits per heavy atom. The van der Waals surface area contributed by atoms with E-state index in [0.717, 1.165) is 25.4 Å². The van der Waals surface area contributed by atoms with E-state index in [1.807, 2.05) is 6.92 Å². The monoisotopic (exact) mass is 255 g/mol. The number of nitrogens with one attached hydrogen (secondary N) is 2.